The SMILES string of the molecule is Cn1nnc(Br)c1S(=O)(=O)NCCC1CCCO1. The lowest BCUT2D eigenvalue weighted by Gasteiger charge is -2.10. The molecule has 1 saturated heterocycles. The van der Waals surface area contributed by atoms with E-state index in [1.54, 1.807) is 0 Å². The summed E-state index contributed by atoms with van der Waals surface area (Å²) in [5.41, 5.74) is 0. The van der Waals surface area contributed by atoms with E-state index in [9.17, 15) is 8.42 Å². The van der Waals surface area contributed by atoms with Crippen LogP contribution in [0.2, 0.25) is 0 Å². The first kappa shape index (κ1) is 13.9. The van der Waals surface area contributed by atoms with Gasteiger partial charge in [-0.25, -0.2) is 17.8 Å². The Kier molecular flexibility index (Phi) is 4.36. The lowest BCUT2D eigenvalue weighted by molar-refractivity contribution is 0.105. The fourth-order valence-corrected chi connectivity index (χ4v) is 4.04. The Labute approximate surface area is 114 Å². The smallest absolute Gasteiger partial charge is 0.260 e. The summed E-state index contributed by atoms with van der Waals surface area (Å²) < 4.78 is 33.5. The minimum atomic E-state index is -3.58. The van der Waals surface area contributed by atoms with E-state index in [1.165, 1.54) is 11.7 Å². The van der Waals surface area contributed by atoms with Crippen LogP contribution in [0.1, 0.15) is 19.3 Å². The number of nitrogens with one attached hydrogen (secondary N) is 1. The van der Waals surface area contributed by atoms with Crippen LogP contribution in [0, 0.1) is 0 Å². The van der Waals surface area contributed by atoms with Crippen molar-refractivity contribution in [1.82, 2.24) is 19.7 Å². The lowest BCUT2D eigenvalue weighted by atomic mass is 10.2. The van der Waals surface area contributed by atoms with E-state index in [4.69, 9.17) is 4.74 Å². The highest BCUT2D eigenvalue weighted by molar-refractivity contribution is 9.10. The van der Waals surface area contributed by atoms with Crippen LogP contribution in [0.15, 0.2) is 9.63 Å². The Balaban J connectivity index is 1.95. The average Bonchev–Trinajstić information content (AvgIpc) is 2.89. The maximum absolute atomic E-state index is 12.0. The highest BCUT2D eigenvalue weighted by Gasteiger charge is 2.24. The Bertz CT molecular complexity index is 490. The quantitative estimate of drug-likeness (QED) is 0.841. The third-order valence-corrected chi connectivity index (χ3v) is 5.12. The van der Waals surface area contributed by atoms with Gasteiger partial charge in [0.25, 0.3) is 10.0 Å². The summed E-state index contributed by atoms with van der Waals surface area (Å²) in [6, 6.07) is 0. The number of halogens is 1. The lowest BCUT2D eigenvalue weighted by Crippen LogP contribution is -2.29. The van der Waals surface area contributed by atoms with Crippen molar-refractivity contribution in [2.45, 2.75) is 30.4 Å². The van der Waals surface area contributed by atoms with Gasteiger partial charge in [-0.2, -0.15) is 0 Å². The number of sulfonamides is 1. The summed E-state index contributed by atoms with van der Waals surface area (Å²) in [4.78, 5) is 0. The number of aromatic nitrogens is 3. The monoisotopic (exact) mass is 338 g/mol. The second-order valence-corrected chi connectivity index (χ2v) is 6.56. The molecule has 1 N–H and O–H groups in total. The number of nitrogens with zero attached hydrogens (tertiary/aromatic N) is 3. The normalized spacial score (nSPS) is 20.4. The molecule has 18 heavy (non-hydrogen) atoms. The zero-order valence-corrected chi connectivity index (χ0v) is 12.4. The highest BCUT2D eigenvalue weighted by atomic mass is 79.9. The van der Waals surface area contributed by atoms with Gasteiger partial charge in [0.15, 0.2) is 4.60 Å². The first-order chi connectivity index (χ1) is 8.50. The van der Waals surface area contributed by atoms with Gasteiger partial charge in [-0.05, 0) is 35.2 Å². The van der Waals surface area contributed by atoms with E-state index in [0.29, 0.717) is 13.0 Å². The van der Waals surface area contributed by atoms with Crippen molar-refractivity contribution >= 4 is 26.0 Å². The second kappa shape index (κ2) is 5.64. The van der Waals surface area contributed by atoms with Crippen molar-refractivity contribution in [2.24, 2.45) is 7.05 Å². The minimum absolute atomic E-state index is 0.0369. The molecular formula is C9H15BrN4O3S. The van der Waals surface area contributed by atoms with Gasteiger partial charge >= 0.3 is 0 Å². The summed E-state index contributed by atoms with van der Waals surface area (Å²) >= 11 is 3.07. The molecule has 0 bridgehead atoms. The van der Waals surface area contributed by atoms with E-state index in [2.05, 4.69) is 31.0 Å². The molecule has 1 aromatic rings. The van der Waals surface area contributed by atoms with Gasteiger partial charge in [0.2, 0.25) is 5.03 Å². The number of ether oxygens (including phenoxy) is 1. The van der Waals surface area contributed by atoms with Crippen LogP contribution < -0.4 is 4.72 Å². The van der Waals surface area contributed by atoms with Crippen LogP contribution in [-0.4, -0.2) is 42.7 Å². The molecule has 0 amide bonds. The molecule has 9 heteroatoms. The Hall–Kier alpha value is -0.510. The molecular weight excluding hydrogens is 324 g/mol. The van der Waals surface area contributed by atoms with Crippen molar-refractivity contribution in [2.75, 3.05) is 13.2 Å². The van der Waals surface area contributed by atoms with Gasteiger partial charge in [-0.3, -0.25) is 0 Å². The summed E-state index contributed by atoms with van der Waals surface area (Å²) in [5, 5.41) is 7.33. The Morgan fingerprint density at radius 3 is 2.94 bits per heavy atom. The van der Waals surface area contributed by atoms with E-state index < -0.39 is 10.0 Å². The number of hydrogen-bond donors (Lipinski definition) is 1. The van der Waals surface area contributed by atoms with Crippen molar-refractivity contribution in [3.05, 3.63) is 4.60 Å². The van der Waals surface area contributed by atoms with Crippen molar-refractivity contribution < 1.29 is 13.2 Å². The molecule has 0 aliphatic carbocycles. The zero-order valence-electron chi connectivity index (χ0n) is 9.97. The summed E-state index contributed by atoms with van der Waals surface area (Å²) in [6.07, 6.45) is 2.90. The van der Waals surface area contributed by atoms with Crippen molar-refractivity contribution in [3.63, 3.8) is 0 Å². The van der Waals surface area contributed by atoms with Crippen LogP contribution in [-0.2, 0) is 21.8 Å². The van der Waals surface area contributed by atoms with Crippen molar-refractivity contribution in [3.8, 4) is 0 Å². The molecule has 0 spiro atoms. The van der Waals surface area contributed by atoms with Gasteiger partial charge in [-0.15, -0.1) is 5.10 Å². The number of aryl methyl sites for hydroxylation is 1. The van der Waals surface area contributed by atoms with Crippen LogP contribution in [0.4, 0.5) is 0 Å². The van der Waals surface area contributed by atoms with Gasteiger partial charge in [0.1, 0.15) is 0 Å². The molecule has 1 atom stereocenters. The van der Waals surface area contributed by atoms with Crippen LogP contribution in [0.3, 0.4) is 0 Å². The van der Waals surface area contributed by atoms with Gasteiger partial charge in [0, 0.05) is 20.2 Å². The topological polar surface area (TPSA) is 86.1 Å². The number of hydrogen-bond acceptors (Lipinski definition) is 5. The Morgan fingerprint density at radius 1 is 1.61 bits per heavy atom. The molecule has 7 nitrogen and oxygen atoms in total. The van der Waals surface area contributed by atoms with Crippen molar-refractivity contribution in [1.29, 1.82) is 0 Å². The molecule has 1 aliphatic heterocycles. The maximum atomic E-state index is 12.0. The molecule has 2 rings (SSSR count). The van der Waals surface area contributed by atoms with E-state index in [1.807, 2.05) is 0 Å². The first-order valence-electron chi connectivity index (χ1n) is 5.67. The standard InChI is InChI=1S/C9H15BrN4O3S/c1-14-9(8(10)12-13-14)18(15,16)11-5-4-7-3-2-6-17-7/h7,11H,2-6H2,1H3. The molecule has 1 unspecified atom stereocenters. The summed E-state index contributed by atoms with van der Waals surface area (Å²) in [6.45, 7) is 1.12. The van der Waals surface area contributed by atoms with Gasteiger partial charge in [-0.1, -0.05) is 5.21 Å². The third kappa shape index (κ3) is 3.08. The fourth-order valence-electron chi connectivity index (χ4n) is 1.90. The molecule has 1 aliphatic rings. The van der Waals surface area contributed by atoms with Crippen LogP contribution >= 0.6 is 15.9 Å². The zero-order chi connectivity index (χ0) is 13.2. The molecule has 0 radical (unpaired) electrons. The van der Waals surface area contributed by atoms with Crippen LogP contribution in [0.25, 0.3) is 0 Å². The minimum Gasteiger partial charge on any atom is -0.378 e. The average molecular weight is 339 g/mol. The predicted octanol–water partition coefficient (Wildman–Crippen LogP) is 0.425. The molecule has 1 aromatic heterocycles. The second-order valence-electron chi connectivity index (χ2n) is 4.13. The summed E-state index contributed by atoms with van der Waals surface area (Å²) in [7, 11) is -2.05. The maximum Gasteiger partial charge on any atom is 0.260 e. The van der Waals surface area contributed by atoms with Crippen LogP contribution in [0.5, 0.6) is 0 Å². The van der Waals surface area contributed by atoms with Gasteiger partial charge < -0.3 is 4.74 Å². The Morgan fingerprint density at radius 2 is 2.39 bits per heavy atom. The number of rotatable bonds is 5. The summed E-state index contributed by atoms with van der Waals surface area (Å²) in [5.74, 6) is 0. The van der Waals surface area contributed by atoms with E-state index in [-0.39, 0.29) is 15.7 Å². The molecule has 0 aromatic carbocycles. The largest absolute Gasteiger partial charge is 0.378 e. The third-order valence-electron chi connectivity index (χ3n) is 2.77. The molecule has 0 saturated carbocycles. The van der Waals surface area contributed by atoms with E-state index >= 15 is 0 Å². The highest BCUT2D eigenvalue weighted by Crippen LogP contribution is 2.18. The molecule has 1 fully saturated rings. The predicted molar refractivity (Wildman–Crippen MR) is 67.5 cm³/mol. The van der Waals surface area contributed by atoms with Gasteiger partial charge in [0.05, 0.1) is 6.10 Å². The molecule has 102 valence electrons. The fraction of sp³-hybridized carbons (Fsp3) is 0.778. The molecule has 2 heterocycles. The van der Waals surface area contributed by atoms with E-state index in [0.717, 1.165) is 19.4 Å². The first-order valence-corrected chi connectivity index (χ1v) is 7.95.